The van der Waals surface area contributed by atoms with Gasteiger partial charge < -0.3 is 14.8 Å². The van der Waals surface area contributed by atoms with Crippen molar-refractivity contribution in [1.82, 2.24) is 0 Å². The van der Waals surface area contributed by atoms with Crippen LogP contribution in [0, 0.1) is 0 Å². The Morgan fingerprint density at radius 1 is 0.950 bits per heavy atom. The predicted octanol–water partition coefficient (Wildman–Crippen LogP) is -2.65. The van der Waals surface area contributed by atoms with E-state index in [4.69, 9.17) is 5.73 Å². The first-order chi connectivity index (χ1) is 8.60. The number of hydrogen-bond donors (Lipinski definition) is 1. The van der Waals surface area contributed by atoms with E-state index in [0.717, 1.165) is 6.07 Å². The number of fused-ring (bicyclic) bond motifs is 1. The predicted molar refractivity (Wildman–Crippen MR) is 65.4 cm³/mol. The zero-order valence-electron chi connectivity index (χ0n) is 11.2. The van der Waals surface area contributed by atoms with E-state index in [1.165, 1.54) is 18.2 Å². The molecule has 20 heavy (non-hydrogen) atoms. The number of rotatable bonds is 2. The third-order valence-corrected chi connectivity index (χ3v) is 4.21. The zero-order chi connectivity index (χ0) is 14.4. The van der Waals surface area contributed by atoms with Crippen molar-refractivity contribution >= 4 is 36.7 Å². The second kappa shape index (κ2) is 5.60. The quantitative estimate of drug-likeness (QED) is 0.361. The summed E-state index contributed by atoms with van der Waals surface area (Å²) in [6, 6.07) is 5.61. The van der Waals surface area contributed by atoms with Crippen molar-refractivity contribution in [2.45, 2.75) is 9.79 Å². The summed E-state index contributed by atoms with van der Waals surface area (Å²) in [4.78, 5) is -1.60. The summed E-state index contributed by atoms with van der Waals surface area (Å²) in [7, 11) is -9.84. The molecule has 0 aliphatic rings. The van der Waals surface area contributed by atoms with Crippen molar-refractivity contribution in [2.75, 3.05) is 5.73 Å². The molecule has 0 heterocycles. The number of benzene rings is 2. The van der Waals surface area contributed by atoms with Gasteiger partial charge in [0.05, 0.1) is 9.79 Å². The van der Waals surface area contributed by atoms with Gasteiger partial charge in [0.1, 0.15) is 20.2 Å². The Bertz CT molecular complexity index is 882. The second-order valence-corrected chi connectivity index (χ2v) is 6.50. The minimum atomic E-state index is -4.94. The molecular weight excluding hydrogens is 317 g/mol. The molecule has 2 N–H and O–H groups in total. The number of nitrogen functional groups attached to an aromatic ring is 1. The molecule has 7 nitrogen and oxygen atoms in total. The van der Waals surface area contributed by atoms with Gasteiger partial charge in [-0.2, -0.15) is 0 Å². The minimum absolute atomic E-state index is 0. The van der Waals surface area contributed by atoms with Crippen LogP contribution in [0.25, 0.3) is 10.8 Å². The van der Waals surface area contributed by atoms with Gasteiger partial charge in [0.2, 0.25) is 0 Å². The van der Waals surface area contributed by atoms with Crippen LogP contribution in [0.3, 0.4) is 0 Å². The van der Waals surface area contributed by atoms with Crippen LogP contribution < -0.4 is 35.3 Å². The third-order valence-electron chi connectivity index (χ3n) is 2.52. The van der Waals surface area contributed by atoms with E-state index >= 15 is 0 Å². The maximum atomic E-state index is 11.1. The van der Waals surface area contributed by atoms with Crippen molar-refractivity contribution in [3.05, 3.63) is 30.3 Å². The summed E-state index contributed by atoms with van der Waals surface area (Å²) in [5.41, 5.74) is 5.65. The first-order valence-corrected chi connectivity index (χ1v) is 7.66. The molecule has 0 saturated heterocycles. The molecule has 0 fully saturated rings. The van der Waals surface area contributed by atoms with Crippen molar-refractivity contribution < 1.29 is 56.9 Å². The largest absolute Gasteiger partial charge is 1.00 e. The van der Waals surface area contributed by atoms with E-state index in [9.17, 15) is 25.9 Å². The Labute approximate surface area is 139 Å². The summed E-state index contributed by atoms with van der Waals surface area (Å²) in [6.07, 6.45) is 0. The maximum Gasteiger partial charge on any atom is 1.00 e. The fourth-order valence-electron chi connectivity index (χ4n) is 1.70. The Morgan fingerprint density at radius 2 is 1.55 bits per heavy atom. The molecule has 0 aliphatic carbocycles. The molecule has 0 saturated carbocycles. The molecule has 2 aromatic carbocycles. The van der Waals surface area contributed by atoms with Crippen molar-refractivity contribution in [2.24, 2.45) is 0 Å². The van der Waals surface area contributed by atoms with Crippen LogP contribution in [0.15, 0.2) is 40.1 Å². The number of hydrogen-bond acceptors (Lipinski definition) is 7. The molecule has 0 spiro atoms. The molecule has 2 rings (SSSR count). The van der Waals surface area contributed by atoms with Gasteiger partial charge >= 0.3 is 31.0 Å². The van der Waals surface area contributed by atoms with Crippen molar-refractivity contribution in [1.29, 1.82) is 0 Å². The number of anilines is 1. The second-order valence-electron chi connectivity index (χ2n) is 3.77. The van der Waals surface area contributed by atoms with Crippen LogP contribution in [-0.4, -0.2) is 25.9 Å². The van der Waals surface area contributed by atoms with E-state index in [1.54, 1.807) is 0 Å². The molecule has 0 aliphatic heterocycles. The average Bonchev–Trinajstić information content (AvgIpc) is 2.25. The molecule has 0 amide bonds. The average molecular weight is 325 g/mol. The fraction of sp³-hybridized carbons (Fsp3) is 0. The molecule has 0 unspecified atom stereocenters. The first kappa shape index (κ1) is 17.4. The summed E-state index contributed by atoms with van der Waals surface area (Å²) in [6.45, 7) is 0. The van der Waals surface area contributed by atoms with Crippen LogP contribution in [-0.2, 0) is 20.2 Å². The molecular formula is C10H8NNaO6S2. The summed E-state index contributed by atoms with van der Waals surface area (Å²) in [5, 5.41) is -0.00347. The SMILES string of the molecule is Nc1cccc2c(S(=O)(=O)[O-])cc(S(=O)(=O)[O-])cc12.[H+].[Na+]. The fourth-order valence-corrected chi connectivity index (χ4v) is 3.02. The Morgan fingerprint density at radius 3 is 2.05 bits per heavy atom. The molecule has 2 aromatic rings. The standard InChI is InChI=1S/C10H9NO6S2.Na/c11-9-3-1-2-7-8(9)4-6(18(12,13)14)5-10(7)19(15,16)17;/h1-5H,11H2,(H,12,13,14)(H,15,16,17);/q;+1/p-1. The van der Waals surface area contributed by atoms with Crippen molar-refractivity contribution in [3.63, 3.8) is 0 Å². The van der Waals surface area contributed by atoms with Gasteiger partial charge in [0.25, 0.3) is 0 Å². The Balaban J connectivity index is 0.00000200. The van der Waals surface area contributed by atoms with E-state index in [0.29, 0.717) is 6.07 Å². The summed E-state index contributed by atoms with van der Waals surface area (Å²) in [5.74, 6) is 0. The number of nitrogens with two attached hydrogens (primary N) is 1. The van der Waals surface area contributed by atoms with Gasteiger partial charge in [-0.05, 0) is 18.2 Å². The van der Waals surface area contributed by atoms with Crippen LogP contribution in [0.4, 0.5) is 5.69 Å². The first-order valence-electron chi connectivity index (χ1n) is 4.85. The topological polar surface area (TPSA) is 140 Å². The molecule has 0 bridgehead atoms. The van der Waals surface area contributed by atoms with Gasteiger partial charge in [-0.25, -0.2) is 16.8 Å². The molecule has 0 radical (unpaired) electrons. The van der Waals surface area contributed by atoms with Crippen LogP contribution >= 0.6 is 0 Å². The molecule has 102 valence electrons. The Kier molecular flexibility index (Phi) is 4.87. The van der Waals surface area contributed by atoms with Crippen LogP contribution in [0.5, 0.6) is 0 Å². The maximum absolute atomic E-state index is 11.1. The van der Waals surface area contributed by atoms with Crippen molar-refractivity contribution in [3.8, 4) is 0 Å². The molecule has 0 atom stereocenters. The van der Waals surface area contributed by atoms with E-state index in [-0.39, 0.29) is 47.4 Å². The van der Waals surface area contributed by atoms with E-state index < -0.39 is 30.0 Å². The zero-order valence-corrected chi connectivity index (χ0v) is 13.9. The normalized spacial score (nSPS) is 12.1. The van der Waals surface area contributed by atoms with Gasteiger partial charge in [0, 0.05) is 16.5 Å². The monoisotopic (exact) mass is 325 g/mol. The summed E-state index contributed by atoms with van der Waals surface area (Å²) < 4.78 is 66.4. The van der Waals surface area contributed by atoms with E-state index in [1.807, 2.05) is 0 Å². The van der Waals surface area contributed by atoms with Gasteiger partial charge in [-0.1, -0.05) is 12.1 Å². The van der Waals surface area contributed by atoms with Gasteiger partial charge in [-0.3, -0.25) is 0 Å². The van der Waals surface area contributed by atoms with Crippen LogP contribution in [0.1, 0.15) is 1.43 Å². The van der Waals surface area contributed by atoms with E-state index in [2.05, 4.69) is 0 Å². The summed E-state index contributed by atoms with van der Waals surface area (Å²) >= 11 is 0. The molecule has 10 heteroatoms. The smallest absolute Gasteiger partial charge is 0.744 e. The van der Waals surface area contributed by atoms with Gasteiger partial charge in [0.15, 0.2) is 0 Å². The van der Waals surface area contributed by atoms with Crippen LogP contribution in [0.2, 0.25) is 0 Å². The Hall–Kier alpha value is -0.680. The van der Waals surface area contributed by atoms with Gasteiger partial charge in [-0.15, -0.1) is 0 Å². The third kappa shape index (κ3) is 3.31. The minimum Gasteiger partial charge on any atom is -0.744 e. The molecule has 0 aromatic heterocycles.